The highest BCUT2D eigenvalue weighted by molar-refractivity contribution is 6.46. The van der Waals surface area contributed by atoms with Crippen molar-refractivity contribution in [1.82, 2.24) is 9.80 Å². The van der Waals surface area contributed by atoms with E-state index in [0.29, 0.717) is 49.7 Å². The number of benzene rings is 2. The smallest absolute Gasteiger partial charge is 0.295 e. The highest BCUT2D eigenvalue weighted by Gasteiger charge is 2.45. The molecule has 2 saturated heterocycles. The van der Waals surface area contributed by atoms with Gasteiger partial charge in [-0.25, -0.2) is 4.39 Å². The maximum atomic E-state index is 13.6. The Bertz CT molecular complexity index is 1060. The third kappa shape index (κ3) is 5.71. The normalized spacial score (nSPS) is 20.4. The number of rotatable bonds is 9. The Balaban J connectivity index is 1.63. The van der Waals surface area contributed by atoms with E-state index in [-0.39, 0.29) is 11.3 Å². The van der Waals surface area contributed by atoms with Gasteiger partial charge in [0.1, 0.15) is 17.3 Å². The molecule has 0 saturated carbocycles. The molecule has 0 aliphatic carbocycles. The summed E-state index contributed by atoms with van der Waals surface area (Å²) in [4.78, 5) is 29.9. The van der Waals surface area contributed by atoms with E-state index in [2.05, 4.69) is 4.90 Å². The van der Waals surface area contributed by atoms with Crippen molar-refractivity contribution in [3.05, 3.63) is 71.0 Å². The first-order valence-corrected chi connectivity index (χ1v) is 12.1. The molecular weight excluding hydrogens is 451 g/mol. The zero-order valence-electron chi connectivity index (χ0n) is 19.9. The summed E-state index contributed by atoms with van der Waals surface area (Å²) in [6, 6.07) is 11.7. The Labute approximate surface area is 204 Å². The molecule has 8 heteroatoms. The molecule has 35 heavy (non-hydrogen) atoms. The summed E-state index contributed by atoms with van der Waals surface area (Å²) in [6.45, 7) is 6.72. The number of nitrogens with zero attached hydrogens (tertiary/aromatic N) is 2. The Morgan fingerprint density at radius 1 is 1.06 bits per heavy atom. The zero-order valence-corrected chi connectivity index (χ0v) is 19.9. The lowest BCUT2D eigenvalue weighted by Gasteiger charge is -2.29. The van der Waals surface area contributed by atoms with Crippen molar-refractivity contribution in [1.29, 1.82) is 0 Å². The molecule has 0 aromatic heterocycles. The topological polar surface area (TPSA) is 79.3 Å². The molecule has 2 heterocycles. The number of aliphatic hydroxyl groups excluding tert-OH is 1. The fourth-order valence-electron chi connectivity index (χ4n) is 4.48. The summed E-state index contributed by atoms with van der Waals surface area (Å²) in [6.07, 6.45) is 1.53. The fraction of sp³-hybridized carbons (Fsp3) is 0.407. The summed E-state index contributed by atoms with van der Waals surface area (Å²) < 4.78 is 24.6. The first-order valence-electron chi connectivity index (χ1n) is 12.1. The second-order valence-corrected chi connectivity index (χ2v) is 8.72. The van der Waals surface area contributed by atoms with Crippen LogP contribution in [0.2, 0.25) is 0 Å². The molecule has 2 aliphatic heterocycles. The van der Waals surface area contributed by atoms with Gasteiger partial charge in [-0.2, -0.15) is 0 Å². The maximum Gasteiger partial charge on any atom is 0.295 e. The largest absolute Gasteiger partial charge is 0.507 e. The first kappa shape index (κ1) is 24.9. The van der Waals surface area contributed by atoms with Crippen LogP contribution in [-0.4, -0.2) is 72.6 Å². The van der Waals surface area contributed by atoms with E-state index in [4.69, 9.17) is 9.47 Å². The van der Waals surface area contributed by atoms with Crippen LogP contribution in [0.15, 0.2) is 54.1 Å². The number of likely N-dealkylation sites (tertiary alicyclic amines) is 1. The summed E-state index contributed by atoms with van der Waals surface area (Å²) in [7, 11) is 0. The van der Waals surface area contributed by atoms with Gasteiger partial charge in [0.25, 0.3) is 11.7 Å². The average Bonchev–Trinajstić information content (AvgIpc) is 3.13. The molecule has 2 fully saturated rings. The van der Waals surface area contributed by atoms with E-state index in [1.165, 1.54) is 17.0 Å². The van der Waals surface area contributed by atoms with Crippen LogP contribution in [0.3, 0.4) is 0 Å². The number of hydrogen-bond donors (Lipinski definition) is 1. The maximum absolute atomic E-state index is 13.6. The van der Waals surface area contributed by atoms with Crippen LogP contribution in [0.4, 0.5) is 4.39 Å². The number of carbonyl (C=O) groups excluding carboxylic acids is 2. The Morgan fingerprint density at radius 3 is 2.40 bits per heavy atom. The molecule has 2 aromatic rings. The lowest BCUT2D eigenvalue weighted by Crippen LogP contribution is -2.38. The monoisotopic (exact) mass is 482 g/mol. The number of morpholine rings is 1. The number of hydrogen-bond acceptors (Lipinski definition) is 6. The van der Waals surface area contributed by atoms with Crippen LogP contribution in [0, 0.1) is 5.82 Å². The number of carbonyl (C=O) groups is 2. The number of Topliss-reactive ketones (excluding diaryl/α,β-unsaturated/α-hetero) is 1. The van der Waals surface area contributed by atoms with Crippen molar-refractivity contribution in [2.24, 2.45) is 0 Å². The molecule has 4 rings (SSSR count). The quantitative estimate of drug-likeness (QED) is 0.333. The third-order valence-electron chi connectivity index (χ3n) is 6.30. The van der Waals surface area contributed by atoms with Gasteiger partial charge in [-0.05, 0) is 54.8 Å². The van der Waals surface area contributed by atoms with Crippen molar-refractivity contribution >= 4 is 17.4 Å². The second-order valence-electron chi connectivity index (χ2n) is 8.72. The van der Waals surface area contributed by atoms with E-state index in [9.17, 15) is 19.1 Å². The Hall–Kier alpha value is -3.23. The first-order chi connectivity index (χ1) is 17.0. The van der Waals surface area contributed by atoms with Crippen molar-refractivity contribution in [2.75, 3.05) is 46.0 Å². The highest BCUT2D eigenvalue weighted by atomic mass is 19.1. The van der Waals surface area contributed by atoms with Crippen LogP contribution in [-0.2, 0) is 14.3 Å². The predicted octanol–water partition coefficient (Wildman–Crippen LogP) is 3.76. The third-order valence-corrected chi connectivity index (χ3v) is 6.30. The minimum Gasteiger partial charge on any atom is -0.507 e. The molecule has 7 nitrogen and oxygen atoms in total. The van der Waals surface area contributed by atoms with Crippen LogP contribution in [0.25, 0.3) is 5.76 Å². The minimum absolute atomic E-state index is 0.00945. The van der Waals surface area contributed by atoms with Crippen molar-refractivity contribution in [3.63, 3.8) is 0 Å². The second kappa shape index (κ2) is 11.5. The number of aliphatic hydroxyl groups is 1. The van der Waals surface area contributed by atoms with Crippen LogP contribution in [0.5, 0.6) is 5.75 Å². The van der Waals surface area contributed by atoms with Gasteiger partial charge in [-0.15, -0.1) is 0 Å². The van der Waals surface area contributed by atoms with E-state index in [1.807, 2.05) is 6.92 Å². The molecule has 0 radical (unpaired) electrons. The summed E-state index contributed by atoms with van der Waals surface area (Å²) in [5, 5.41) is 11.2. The zero-order chi connectivity index (χ0) is 24.8. The van der Waals surface area contributed by atoms with Gasteiger partial charge in [0.05, 0.1) is 31.4 Å². The van der Waals surface area contributed by atoms with E-state index in [1.54, 1.807) is 36.4 Å². The SMILES string of the molecule is CCCOc1ccc(C(O)=C2C(=O)C(=O)N(CCCN3CCOCC3)[C@H]2c2ccc(F)cc2)cc1. The summed E-state index contributed by atoms with van der Waals surface area (Å²) >= 11 is 0. The van der Waals surface area contributed by atoms with Crippen molar-refractivity contribution < 1.29 is 28.6 Å². The molecule has 2 aromatic carbocycles. The number of halogens is 1. The number of amides is 1. The van der Waals surface area contributed by atoms with Gasteiger partial charge in [0, 0.05) is 31.7 Å². The molecule has 0 spiro atoms. The van der Waals surface area contributed by atoms with Crippen LogP contribution < -0.4 is 4.74 Å². The van der Waals surface area contributed by atoms with Crippen molar-refractivity contribution in [3.8, 4) is 5.75 Å². The molecule has 2 aliphatic rings. The van der Waals surface area contributed by atoms with Gasteiger partial charge >= 0.3 is 0 Å². The van der Waals surface area contributed by atoms with Gasteiger partial charge in [-0.1, -0.05) is 19.1 Å². The number of ether oxygens (including phenoxy) is 2. The Morgan fingerprint density at radius 2 is 1.74 bits per heavy atom. The van der Waals surface area contributed by atoms with Crippen LogP contribution >= 0.6 is 0 Å². The highest BCUT2D eigenvalue weighted by Crippen LogP contribution is 2.39. The van der Waals surface area contributed by atoms with E-state index >= 15 is 0 Å². The van der Waals surface area contributed by atoms with Crippen LogP contribution in [0.1, 0.15) is 36.9 Å². The number of ketones is 1. The minimum atomic E-state index is -0.795. The molecule has 0 bridgehead atoms. The average molecular weight is 483 g/mol. The van der Waals surface area contributed by atoms with Crippen molar-refractivity contribution in [2.45, 2.75) is 25.8 Å². The fourth-order valence-corrected chi connectivity index (χ4v) is 4.48. The van der Waals surface area contributed by atoms with Gasteiger partial charge in [-0.3, -0.25) is 14.5 Å². The van der Waals surface area contributed by atoms with Gasteiger partial charge < -0.3 is 19.5 Å². The summed E-state index contributed by atoms with van der Waals surface area (Å²) in [5.41, 5.74) is 0.990. The standard InChI is InChI=1S/C27H31FN2O5/c1-2-16-35-22-10-6-20(7-11-22)25(31)23-24(19-4-8-21(28)9-5-19)30(27(33)26(23)32)13-3-12-29-14-17-34-18-15-29/h4-11,24,31H,2-3,12-18H2,1H3/t24-/m0/s1. The van der Waals surface area contributed by atoms with Gasteiger partial charge in [0.2, 0.25) is 0 Å². The Kier molecular flexibility index (Phi) is 8.15. The lowest BCUT2D eigenvalue weighted by atomic mass is 9.95. The molecule has 0 unspecified atom stereocenters. The van der Waals surface area contributed by atoms with E-state index in [0.717, 1.165) is 26.1 Å². The predicted molar refractivity (Wildman–Crippen MR) is 130 cm³/mol. The summed E-state index contributed by atoms with van der Waals surface area (Å²) in [5.74, 6) is -1.42. The lowest BCUT2D eigenvalue weighted by molar-refractivity contribution is -0.140. The molecule has 1 atom stereocenters. The molecule has 1 amide bonds. The van der Waals surface area contributed by atoms with E-state index < -0.39 is 23.5 Å². The molecule has 186 valence electrons. The van der Waals surface area contributed by atoms with Gasteiger partial charge in [0.15, 0.2) is 0 Å². The molecule has 1 N–H and O–H groups in total. The molecular formula is C27H31FN2O5.